The van der Waals surface area contributed by atoms with E-state index in [0.717, 1.165) is 18.4 Å². The van der Waals surface area contributed by atoms with Crippen LogP contribution in [0.3, 0.4) is 0 Å². The number of carbonyl (C=O) groups excluding carboxylic acids is 2. The van der Waals surface area contributed by atoms with Crippen LogP contribution in [0.1, 0.15) is 16.4 Å². The SMILES string of the molecule is COCCN(Cc1nc(C(=O)OC)co1)C(=O)Nc1ccc(F)c(F)c1. The molecule has 2 amide bonds. The maximum atomic E-state index is 13.3. The van der Waals surface area contributed by atoms with E-state index in [1.54, 1.807) is 0 Å². The highest BCUT2D eigenvalue weighted by Crippen LogP contribution is 2.15. The second-order valence-corrected chi connectivity index (χ2v) is 5.09. The molecule has 0 aliphatic rings. The minimum atomic E-state index is -1.08. The predicted octanol–water partition coefficient (Wildman–Crippen LogP) is 2.42. The first kappa shape index (κ1) is 19.3. The monoisotopic (exact) mass is 369 g/mol. The molecule has 1 N–H and O–H groups in total. The third-order valence-corrected chi connectivity index (χ3v) is 3.30. The minimum Gasteiger partial charge on any atom is -0.464 e. The van der Waals surface area contributed by atoms with E-state index < -0.39 is 23.6 Å². The average Bonchev–Trinajstić information content (AvgIpc) is 3.09. The van der Waals surface area contributed by atoms with Crippen LogP contribution in [0.4, 0.5) is 19.3 Å². The Morgan fingerprint density at radius 1 is 1.27 bits per heavy atom. The molecule has 0 saturated carbocycles. The summed E-state index contributed by atoms with van der Waals surface area (Å²) >= 11 is 0. The molecular weight excluding hydrogens is 352 g/mol. The van der Waals surface area contributed by atoms with Gasteiger partial charge in [0.05, 0.1) is 20.3 Å². The standard InChI is InChI=1S/C16H17F2N3O5/c1-24-6-5-21(8-14-20-13(9-26-14)15(22)25-2)16(23)19-10-3-4-11(17)12(18)7-10/h3-4,7,9H,5-6,8H2,1-2H3,(H,19,23). The lowest BCUT2D eigenvalue weighted by molar-refractivity contribution is 0.0594. The van der Waals surface area contributed by atoms with Gasteiger partial charge in [-0.2, -0.15) is 0 Å². The molecule has 0 atom stereocenters. The van der Waals surface area contributed by atoms with Crippen LogP contribution in [0, 0.1) is 11.6 Å². The largest absolute Gasteiger partial charge is 0.464 e. The average molecular weight is 369 g/mol. The third-order valence-electron chi connectivity index (χ3n) is 3.30. The first-order chi connectivity index (χ1) is 12.4. The van der Waals surface area contributed by atoms with E-state index in [0.29, 0.717) is 0 Å². The van der Waals surface area contributed by atoms with E-state index in [4.69, 9.17) is 9.15 Å². The van der Waals surface area contributed by atoms with Crippen LogP contribution in [0.25, 0.3) is 0 Å². The zero-order valence-electron chi connectivity index (χ0n) is 14.1. The second kappa shape index (κ2) is 8.90. The van der Waals surface area contributed by atoms with Crippen molar-refractivity contribution in [1.29, 1.82) is 0 Å². The molecule has 2 aromatic rings. The van der Waals surface area contributed by atoms with E-state index in [1.807, 2.05) is 0 Å². The van der Waals surface area contributed by atoms with Gasteiger partial charge in [0.15, 0.2) is 17.3 Å². The van der Waals surface area contributed by atoms with Crippen molar-refractivity contribution in [3.63, 3.8) is 0 Å². The lowest BCUT2D eigenvalue weighted by Crippen LogP contribution is -2.37. The Morgan fingerprint density at radius 2 is 2.04 bits per heavy atom. The Bertz CT molecular complexity index is 781. The number of esters is 1. The Kier molecular flexibility index (Phi) is 6.61. The van der Waals surface area contributed by atoms with Crippen molar-refractivity contribution in [3.05, 3.63) is 47.7 Å². The first-order valence-electron chi connectivity index (χ1n) is 7.47. The van der Waals surface area contributed by atoms with E-state index >= 15 is 0 Å². The van der Waals surface area contributed by atoms with Gasteiger partial charge < -0.3 is 24.1 Å². The molecule has 1 aromatic carbocycles. The van der Waals surface area contributed by atoms with E-state index in [1.165, 1.54) is 25.2 Å². The van der Waals surface area contributed by atoms with Crippen molar-refractivity contribution in [2.45, 2.75) is 6.54 Å². The second-order valence-electron chi connectivity index (χ2n) is 5.09. The minimum absolute atomic E-state index is 0.0322. The van der Waals surface area contributed by atoms with Gasteiger partial charge in [0.1, 0.15) is 6.26 Å². The number of methoxy groups -OCH3 is 2. The maximum Gasteiger partial charge on any atom is 0.360 e. The number of amides is 2. The van der Waals surface area contributed by atoms with Gasteiger partial charge in [0, 0.05) is 25.4 Å². The molecule has 0 fully saturated rings. The van der Waals surface area contributed by atoms with Gasteiger partial charge in [0.2, 0.25) is 5.89 Å². The van der Waals surface area contributed by atoms with Crippen LogP contribution >= 0.6 is 0 Å². The molecule has 2 rings (SSSR count). The van der Waals surface area contributed by atoms with Crippen molar-refractivity contribution in [1.82, 2.24) is 9.88 Å². The van der Waals surface area contributed by atoms with Crippen molar-refractivity contribution in [2.24, 2.45) is 0 Å². The quantitative estimate of drug-likeness (QED) is 0.754. The van der Waals surface area contributed by atoms with Crippen molar-refractivity contribution >= 4 is 17.7 Å². The molecule has 0 saturated heterocycles. The smallest absolute Gasteiger partial charge is 0.360 e. The van der Waals surface area contributed by atoms with Gasteiger partial charge in [-0.1, -0.05) is 0 Å². The zero-order chi connectivity index (χ0) is 19.1. The molecule has 0 bridgehead atoms. The number of carbonyl (C=O) groups is 2. The summed E-state index contributed by atoms with van der Waals surface area (Å²) in [7, 11) is 2.67. The lowest BCUT2D eigenvalue weighted by atomic mass is 10.3. The maximum absolute atomic E-state index is 13.3. The number of oxazole rings is 1. The number of ether oxygens (including phenoxy) is 2. The van der Waals surface area contributed by atoms with Crippen LogP contribution in [-0.2, 0) is 16.0 Å². The van der Waals surface area contributed by atoms with Crippen molar-refractivity contribution in [2.75, 3.05) is 32.7 Å². The Hall–Kier alpha value is -3.01. The van der Waals surface area contributed by atoms with Gasteiger partial charge in [-0.05, 0) is 12.1 Å². The number of halogens is 2. The number of hydrogen-bond donors (Lipinski definition) is 1. The molecule has 0 spiro atoms. The molecule has 1 heterocycles. The van der Waals surface area contributed by atoms with Gasteiger partial charge in [-0.15, -0.1) is 0 Å². The summed E-state index contributed by atoms with van der Waals surface area (Å²) in [6.07, 6.45) is 1.11. The number of urea groups is 1. The number of nitrogens with zero attached hydrogens (tertiary/aromatic N) is 2. The fourth-order valence-electron chi connectivity index (χ4n) is 1.98. The molecule has 0 aliphatic heterocycles. The number of nitrogens with one attached hydrogen (secondary N) is 1. The topological polar surface area (TPSA) is 93.9 Å². The molecular formula is C16H17F2N3O5. The number of rotatable bonds is 7. The van der Waals surface area contributed by atoms with E-state index in [9.17, 15) is 18.4 Å². The van der Waals surface area contributed by atoms with Crippen LogP contribution < -0.4 is 5.32 Å². The van der Waals surface area contributed by atoms with Gasteiger partial charge >= 0.3 is 12.0 Å². The molecule has 26 heavy (non-hydrogen) atoms. The van der Waals surface area contributed by atoms with E-state index in [-0.39, 0.29) is 37.0 Å². The number of aromatic nitrogens is 1. The summed E-state index contributed by atoms with van der Waals surface area (Å²) < 4.78 is 40.9. The highest BCUT2D eigenvalue weighted by Gasteiger charge is 2.19. The first-order valence-corrected chi connectivity index (χ1v) is 7.47. The molecule has 1 aromatic heterocycles. The van der Waals surface area contributed by atoms with Gasteiger partial charge in [0.25, 0.3) is 0 Å². The predicted molar refractivity (Wildman–Crippen MR) is 85.5 cm³/mol. The summed E-state index contributed by atoms with van der Waals surface area (Å²) in [4.78, 5) is 29.0. The fraction of sp³-hybridized carbons (Fsp3) is 0.312. The van der Waals surface area contributed by atoms with Crippen molar-refractivity contribution < 1.29 is 32.3 Å². The van der Waals surface area contributed by atoms with Crippen molar-refractivity contribution in [3.8, 4) is 0 Å². The van der Waals surface area contributed by atoms with Gasteiger partial charge in [-0.25, -0.2) is 23.4 Å². The summed E-state index contributed by atoms with van der Waals surface area (Å²) in [6, 6.07) is 2.39. The van der Waals surface area contributed by atoms with Crippen LogP contribution in [0.2, 0.25) is 0 Å². The zero-order valence-corrected chi connectivity index (χ0v) is 14.1. The third kappa shape index (κ3) is 4.99. The summed E-state index contributed by atoms with van der Waals surface area (Å²) in [5, 5.41) is 2.44. The summed E-state index contributed by atoms with van der Waals surface area (Å²) in [5.41, 5.74) is 0.0502. The highest BCUT2D eigenvalue weighted by molar-refractivity contribution is 5.89. The molecule has 8 nitrogen and oxygen atoms in total. The summed E-state index contributed by atoms with van der Waals surface area (Å²) in [6.45, 7) is 0.313. The number of benzene rings is 1. The molecule has 0 aliphatic carbocycles. The van der Waals surface area contributed by atoms with E-state index in [2.05, 4.69) is 15.0 Å². The number of hydrogen-bond acceptors (Lipinski definition) is 6. The molecule has 140 valence electrons. The normalized spacial score (nSPS) is 10.5. The Morgan fingerprint density at radius 3 is 2.69 bits per heavy atom. The molecule has 0 unspecified atom stereocenters. The molecule has 10 heteroatoms. The van der Waals surface area contributed by atoms with Crippen LogP contribution in [0.15, 0.2) is 28.9 Å². The fourth-order valence-corrected chi connectivity index (χ4v) is 1.98. The highest BCUT2D eigenvalue weighted by atomic mass is 19.2. The summed E-state index contributed by atoms with van der Waals surface area (Å²) in [5.74, 6) is -2.67. The van der Waals surface area contributed by atoms with Gasteiger partial charge in [-0.3, -0.25) is 0 Å². The van der Waals surface area contributed by atoms with Crippen LogP contribution in [-0.4, -0.2) is 49.3 Å². The lowest BCUT2D eigenvalue weighted by Gasteiger charge is -2.21. The Labute approximate surface area is 147 Å². The number of anilines is 1. The molecule has 0 radical (unpaired) electrons. The van der Waals surface area contributed by atoms with Crippen LogP contribution in [0.5, 0.6) is 0 Å². The Balaban J connectivity index is 2.09.